The van der Waals surface area contributed by atoms with Crippen molar-refractivity contribution in [3.63, 3.8) is 0 Å². The molecule has 2 N–H and O–H groups in total. The normalized spacial score (nSPS) is 25.2. The molecule has 1 aromatic carbocycles. The van der Waals surface area contributed by atoms with E-state index >= 15 is 0 Å². The van der Waals surface area contributed by atoms with Crippen LogP contribution < -0.4 is 10.2 Å². The molecule has 0 amide bonds. The molecule has 2 atom stereocenters. The van der Waals surface area contributed by atoms with Gasteiger partial charge >= 0.3 is 0 Å². The van der Waals surface area contributed by atoms with Crippen molar-refractivity contribution in [1.29, 1.82) is 0 Å². The van der Waals surface area contributed by atoms with Crippen molar-refractivity contribution >= 4 is 5.69 Å². The summed E-state index contributed by atoms with van der Waals surface area (Å²) in [7, 11) is 3.71. The first kappa shape index (κ1) is 10.4. The van der Waals surface area contributed by atoms with Crippen LogP contribution in [-0.4, -0.2) is 31.8 Å². The Morgan fingerprint density at radius 2 is 2.27 bits per heavy atom. The number of rotatable bonds is 1. The van der Waals surface area contributed by atoms with E-state index in [1.807, 2.05) is 19.0 Å². The van der Waals surface area contributed by atoms with Crippen molar-refractivity contribution < 1.29 is 9.50 Å². The van der Waals surface area contributed by atoms with Crippen LogP contribution in [0.15, 0.2) is 18.2 Å². The lowest BCUT2D eigenvalue weighted by atomic mass is 9.95. The number of benzene rings is 1. The van der Waals surface area contributed by atoms with Crippen molar-refractivity contribution in [2.24, 2.45) is 0 Å². The predicted molar refractivity (Wildman–Crippen MR) is 57.5 cm³/mol. The molecule has 0 aliphatic carbocycles. The molecule has 3 nitrogen and oxygen atoms in total. The summed E-state index contributed by atoms with van der Waals surface area (Å²) in [5.41, 5.74) is 1.55. The fourth-order valence-electron chi connectivity index (χ4n) is 2.06. The SMILES string of the molecule is CNC1CN(C)c2cc(F)ccc2C1O. The lowest BCUT2D eigenvalue weighted by Crippen LogP contribution is -2.46. The van der Waals surface area contributed by atoms with Gasteiger partial charge in [0, 0.05) is 24.8 Å². The van der Waals surface area contributed by atoms with Crippen molar-refractivity contribution in [2.45, 2.75) is 12.1 Å². The Hall–Kier alpha value is -1.13. The predicted octanol–water partition coefficient (Wildman–Crippen LogP) is 0.897. The maximum Gasteiger partial charge on any atom is 0.125 e. The van der Waals surface area contributed by atoms with E-state index < -0.39 is 6.10 Å². The third-order valence-corrected chi connectivity index (χ3v) is 2.94. The maximum absolute atomic E-state index is 13.1. The summed E-state index contributed by atoms with van der Waals surface area (Å²) < 4.78 is 13.1. The molecule has 0 aromatic heterocycles. The van der Waals surface area contributed by atoms with Crippen LogP contribution in [0.5, 0.6) is 0 Å². The second-order valence-corrected chi connectivity index (χ2v) is 3.92. The minimum Gasteiger partial charge on any atom is -0.387 e. The first-order chi connectivity index (χ1) is 7.13. The number of anilines is 1. The van der Waals surface area contributed by atoms with Crippen LogP contribution in [0.3, 0.4) is 0 Å². The number of aliphatic hydroxyl groups is 1. The fourth-order valence-corrected chi connectivity index (χ4v) is 2.06. The van der Waals surface area contributed by atoms with Gasteiger partial charge in [-0.25, -0.2) is 4.39 Å². The average molecular weight is 210 g/mol. The van der Waals surface area contributed by atoms with Gasteiger partial charge in [-0.1, -0.05) is 6.07 Å². The Morgan fingerprint density at radius 1 is 1.53 bits per heavy atom. The van der Waals surface area contributed by atoms with Crippen molar-refractivity contribution in [3.8, 4) is 0 Å². The molecule has 0 bridgehead atoms. The highest BCUT2D eigenvalue weighted by molar-refractivity contribution is 5.57. The Kier molecular flexibility index (Phi) is 2.63. The number of hydrogen-bond acceptors (Lipinski definition) is 3. The van der Waals surface area contributed by atoms with Gasteiger partial charge in [-0.2, -0.15) is 0 Å². The van der Waals surface area contributed by atoms with Crippen LogP contribution in [0.1, 0.15) is 11.7 Å². The highest BCUT2D eigenvalue weighted by Crippen LogP contribution is 2.33. The summed E-state index contributed by atoms with van der Waals surface area (Å²) in [4.78, 5) is 1.95. The molecule has 2 unspecified atom stereocenters. The zero-order valence-electron chi connectivity index (χ0n) is 8.87. The zero-order valence-corrected chi connectivity index (χ0v) is 8.87. The molecule has 1 aliphatic heterocycles. The van der Waals surface area contributed by atoms with E-state index in [9.17, 15) is 9.50 Å². The van der Waals surface area contributed by atoms with Crippen LogP contribution in [0.25, 0.3) is 0 Å². The number of nitrogens with zero attached hydrogens (tertiary/aromatic N) is 1. The zero-order chi connectivity index (χ0) is 11.0. The molecular weight excluding hydrogens is 195 g/mol. The summed E-state index contributed by atoms with van der Waals surface area (Å²) in [5.74, 6) is -0.268. The summed E-state index contributed by atoms with van der Waals surface area (Å²) in [5, 5.41) is 13.1. The van der Waals surface area contributed by atoms with Gasteiger partial charge in [0.25, 0.3) is 0 Å². The van der Waals surface area contributed by atoms with E-state index in [4.69, 9.17) is 0 Å². The molecule has 1 aliphatic rings. The fraction of sp³-hybridized carbons (Fsp3) is 0.455. The molecule has 0 saturated heterocycles. The van der Waals surface area contributed by atoms with Gasteiger partial charge in [-0.15, -0.1) is 0 Å². The van der Waals surface area contributed by atoms with E-state index in [-0.39, 0.29) is 11.9 Å². The number of halogens is 1. The molecule has 15 heavy (non-hydrogen) atoms. The molecule has 0 saturated carbocycles. The molecule has 2 rings (SSSR count). The number of aliphatic hydroxyl groups excluding tert-OH is 1. The first-order valence-electron chi connectivity index (χ1n) is 4.99. The van der Waals surface area contributed by atoms with Crippen molar-refractivity contribution in [2.75, 3.05) is 25.5 Å². The van der Waals surface area contributed by atoms with Crippen molar-refractivity contribution in [1.82, 2.24) is 5.32 Å². The largest absolute Gasteiger partial charge is 0.387 e. The van der Waals surface area contributed by atoms with Crippen LogP contribution in [0, 0.1) is 5.82 Å². The highest BCUT2D eigenvalue weighted by atomic mass is 19.1. The van der Waals surface area contributed by atoms with Gasteiger partial charge in [0.15, 0.2) is 0 Å². The second-order valence-electron chi connectivity index (χ2n) is 3.92. The molecule has 1 aromatic rings. The van der Waals surface area contributed by atoms with Gasteiger partial charge in [0.2, 0.25) is 0 Å². The van der Waals surface area contributed by atoms with Gasteiger partial charge in [0.1, 0.15) is 5.82 Å². The minimum absolute atomic E-state index is 0.00652. The van der Waals surface area contributed by atoms with Crippen LogP contribution >= 0.6 is 0 Å². The number of nitrogens with one attached hydrogen (secondary N) is 1. The molecular formula is C11H15FN2O. The molecule has 0 spiro atoms. The molecule has 1 heterocycles. The first-order valence-corrected chi connectivity index (χ1v) is 4.99. The Balaban J connectivity index is 2.44. The topological polar surface area (TPSA) is 35.5 Å². The summed E-state index contributed by atoms with van der Waals surface area (Å²) >= 11 is 0. The third-order valence-electron chi connectivity index (χ3n) is 2.94. The smallest absolute Gasteiger partial charge is 0.125 e. The summed E-state index contributed by atoms with van der Waals surface area (Å²) in [6, 6.07) is 4.49. The van der Waals surface area contributed by atoms with Gasteiger partial charge in [-0.3, -0.25) is 0 Å². The average Bonchev–Trinajstić information content (AvgIpc) is 2.23. The van der Waals surface area contributed by atoms with E-state index in [1.54, 1.807) is 6.07 Å². The Morgan fingerprint density at radius 3 is 2.93 bits per heavy atom. The summed E-state index contributed by atoms with van der Waals surface area (Å²) in [6.45, 7) is 0.675. The van der Waals surface area contributed by atoms with E-state index in [1.165, 1.54) is 12.1 Å². The number of hydrogen-bond donors (Lipinski definition) is 2. The van der Waals surface area contributed by atoms with E-state index in [0.717, 1.165) is 11.3 Å². The van der Waals surface area contributed by atoms with Gasteiger partial charge in [-0.05, 0) is 19.2 Å². The summed E-state index contributed by atoms with van der Waals surface area (Å²) in [6.07, 6.45) is -0.568. The van der Waals surface area contributed by atoms with E-state index in [0.29, 0.717) is 6.54 Å². The Bertz CT molecular complexity index is 370. The highest BCUT2D eigenvalue weighted by Gasteiger charge is 2.29. The molecule has 82 valence electrons. The van der Waals surface area contributed by atoms with Gasteiger partial charge < -0.3 is 15.3 Å². The maximum atomic E-state index is 13.1. The van der Waals surface area contributed by atoms with Crippen LogP contribution in [-0.2, 0) is 0 Å². The number of likely N-dealkylation sites (N-methyl/N-ethyl adjacent to an activating group) is 2. The monoisotopic (exact) mass is 210 g/mol. The lowest BCUT2D eigenvalue weighted by Gasteiger charge is -2.36. The number of fused-ring (bicyclic) bond motifs is 1. The quantitative estimate of drug-likeness (QED) is 0.723. The molecule has 4 heteroatoms. The van der Waals surface area contributed by atoms with Crippen LogP contribution in [0.2, 0.25) is 0 Å². The second kappa shape index (κ2) is 3.79. The lowest BCUT2D eigenvalue weighted by molar-refractivity contribution is 0.129. The standard InChI is InChI=1S/C11H15FN2O/c1-13-9-6-14(2)10-5-7(12)3-4-8(10)11(9)15/h3-5,9,11,13,15H,6H2,1-2H3. The minimum atomic E-state index is -0.568. The van der Waals surface area contributed by atoms with Crippen LogP contribution in [0.4, 0.5) is 10.1 Å². The molecule has 0 fully saturated rings. The third kappa shape index (κ3) is 1.70. The Labute approximate surface area is 88.5 Å². The van der Waals surface area contributed by atoms with Crippen molar-refractivity contribution in [3.05, 3.63) is 29.6 Å². The van der Waals surface area contributed by atoms with E-state index in [2.05, 4.69) is 5.32 Å². The molecule has 0 radical (unpaired) electrons. The van der Waals surface area contributed by atoms with Gasteiger partial charge in [0.05, 0.1) is 12.1 Å².